The van der Waals surface area contributed by atoms with Gasteiger partial charge in [0.15, 0.2) is 0 Å². The summed E-state index contributed by atoms with van der Waals surface area (Å²) in [5.74, 6) is 0.890. The summed E-state index contributed by atoms with van der Waals surface area (Å²) in [6.45, 7) is 0.911. The van der Waals surface area contributed by atoms with E-state index in [1.165, 1.54) is 0 Å². The molecule has 1 aliphatic heterocycles. The lowest BCUT2D eigenvalue weighted by Gasteiger charge is -2.21. The van der Waals surface area contributed by atoms with Crippen molar-refractivity contribution in [1.82, 2.24) is 9.55 Å². The van der Waals surface area contributed by atoms with E-state index in [4.69, 9.17) is 11.6 Å². The van der Waals surface area contributed by atoms with Crippen molar-refractivity contribution in [3.63, 3.8) is 0 Å². The van der Waals surface area contributed by atoms with E-state index in [9.17, 15) is 5.11 Å². The van der Waals surface area contributed by atoms with Gasteiger partial charge in [0.2, 0.25) is 0 Å². The van der Waals surface area contributed by atoms with Crippen LogP contribution in [0.1, 0.15) is 24.6 Å². The highest BCUT2D eigenvalue weighted by Gasteiger charge is 2.21. The fraction of sp³-hybridized carbons (Fsp3) is 0.308. The highest BCUT2D eigenvalue weighted by atomic mass is 35.5. The third-order valence-electron chi connectivity index (χ3n) is 3.17. The quantitative estimate of drug-likeness (QED) is 0.842. The van der Waals surface area contributed by atoms with Crippen molar-refractivity contribution in [3.05, 3.63) is 41.2 Å². The summed E-state index contributed by atoms with van der Waals surface area (Å²) in [4.78, 5) is 4.40. The zero-order chi connectivity index (χ0) is 11.8. The molecule has 0 spiro atoms. The molecule has 1 N–H and O–H groups in total. The summed E-state index contributed by atoms with van der Waals surface area (Å²) < 4.78 is 2.08. The molecule has 0 radical (unpaired) electrons. The lowest BCUT2D eigenvalue weighted by Crippen LogP contribution is -2.15. The smallest absolute Gasteiger partial charge is 0.140 e. The second-order valence-electron chi connectivity index (χ2n) is 4.33. The molecule has 1 atom stereocenters. The SMILES string of the molecule is OC1CCCn2c1cnc2-c1cccc(Cl)c1. The minimum Gasteiger partial charge on any atom is -0.387 e. The Hall–Kier alpha value is -1.32. The standard InChI is InChI=1S/C13H13ClN2O/c14-10-4-1-3-9(7-10)13-15-8-11-12(17)5-2-6-16(11)13/h1,3-4,7-8,12,17H,2,5-6H2. The number of benzene rings is 1. The third-order valence-corrected chi connectivity index (χ3v) is 3.41. The van der Waals surface area contributed by atoms with Gasteiger partial charge in [-0.1, -0.05) is 23.7 Å². The van der Waals surface area contributed by atoms with E-state index in [0.29, 0.717) is 5.02 Å². The van der Waals surface area contributed by atoms with Crippen LogP contribution in [0, 0.1) is 0 Å². The van der Waals surface area contributed by atoms with Gasteiger partial charge in [0, 0.05) is 17.1 Å². The fourth-order valence-electron chi connectivity index (χ4n) is 2.34. The summed E-state index contributed by atoms with van der Waals surface area (Å²) in [5, 5.41) is 10.6. The lowest BCUT2D eigenvalue weighted by molar-refractivity contribution is 0.139. The first kappa shape index (κ1) is 10.8. The summed E-state index contributed by atoms with van der Waals surface area (Å²) in [6.07, 6.45) is 3.18. The summed E-state index contributed by atoms with van der Waals surface area (Å²) >= 11 is 5.99. The molecule has 0 amide bonds. The number of aliphatic hydroxyl groups excluding tert-OH is 1. The number of hydrogen-bond acceptors (Lipinski definition) is 2. The maximum absolute atomic E-state index is 9.89. The molecule has 3 nitrogen and oxygen atoms in total. The topological polar surface area (TPSA) is 38.0 Å². The number of aromatic nitrogens is 2. The van der Waals surface area contributed by atoms with Crippen LogP contribution in [0.2, 0.25) is 5.02 Å². The van der Waals surface area contributed by atoms with Gasteiger partial charge in [-0.15, -0.1) is 0 Å². The number of imidazole rings is 1. The Morgan fingerprint density at radius 1 is 1.41 bits per heavy atom. The molecule has 0 saturated carbocycles. The van der Waals surface area contributed by atoms with Crippen molar-refractivity contribution >= 4 is 11.6 Å². The second kappa shape index (κ2) is 4.17. The van der Waals surface area contributed by atoms with Gasteiger partial charge in [-0.3, -0.25) is 0 Å². The van der Waals surface area contributed by atoms with Crippen LogP contribution in [0.15, 0.2) is 30.5 Å². The molecule has 1 aliphatic rings. The Kier molecular flexibility index (Phi) is 2.65. The van der Waals surface area contributed by atoms with Gasteiger partial charge in [-0.2, -0.15) is 0 Å². The molecule has 2 aromatic rings. The Labute approximate surface area is 105 Å². The number of fused-ring (bicyclic) bond motifs is 1. The van der Waals surface area contributed by atoms with Crippen LogP contribution in [0.25, 0.3) is 11.4 Å². The average molecular weight is 249 g/mol. The predicted octanol–water partition coefficient (Wildman–Crippen LogP) is 3.03. The van der Waals surface area contributed by atoms with Crippen LogP contribution in [-0.2, 0) is 6.54 Å². The lowest BCUT2D eigenvalue weighted by atomic mass is 10.1. The van der Waals surface area contributed by atoms with Crippen LogP contribution in [0.5, 0.6) is 0 Å². The molecule has 0 aliphatic carbocycles. The number of rotatable bonds is 1. The van der Waals surface area contributed by atoms with Gasteiger partial charge in [0.05, 0.1) is 18.0 Å². The Morgan fingerprint density at radius 3 is 3.12 bits per heavy atom. The number of aliphatic hydroxyl groups is 1. The molecule has 2 heterocycles. The predicted molar refractivity (Wildman–Crippen MR) is 66.9 cm³/mol. The second-order valence-corrected chi connectivity index (χ2v) is 4.76. The molecule has 0 bridgehead atoms. The molecule has 3 rings (SSSR count). The summed E-state index contributed by atoms with van der Waals surface area (Å²) in [7, 11) is 0. The number of hydrogen-bond donors (Lipinski definition) is 1. The minimum atomic E-state index is -0.385. The summed E-state index contributed by atoms with van der Waals surface area (Å²) in [6, 6.07) is 7.65. The monoisotopic (exact) mass is 248 g/mol. The molecule has 0 saturated heterocycles. The van der Waals surface area contributed by atoms with Gasteiger partial charge in [-0.05, 0) is 25.0 Å². The van der Waals surface area contributed by atoms with E-state index in [1.54, 1.807) is 6.20 Å². The highest BCUT2D eigenvalue weighted by Crippen LogP contribution is 2.30. The Bertz CT molecular complexity index is 550. The molecule has 4 heteroatoms. The minimum absolute atomic E-state index is 0.385. The molecule has 88 valence electrons. The maximum atomic E-state index is 9.89. The molecule has 1 aromatic carbocycles. The zero-order valence-corrected chi connectivity index (χ0v) is 10.1. The van der Waals surface area contributed by atoms with Gasteiger partial charge in [-0.25, -0.2) is 4.98 Å². The molecule has 17 heavy (non-hydrogen) atoms. The number of nitrogens with zero attached hydrogens (tertiary/aromatic N) is 2. The molecule has 1 aromatic heterocycles. The Morgan fingerprint density at radius 2 is 2.29 bits per heavy atom. The van der Waals surface area contributed by atoms with Crippen LogP contribution < -0.4 is 0 Å². The van der Waals surface area contributed by atoms with Crippen LogP contribution in [0.3, 0.4) is 0 Å². The molecular formula is C13H13ClN2O. The highest BCUT2D eigenvalue weighted by molar-refractivity contribution is 6.30. The van der Waals surface area contributed by atoms with Crippen LogP contribution >= 0.6 is 11.6 Å². The largest absolute Gasteiger partial charge is 0.387 e. The van der Waals surface area contributed by atoms with Gasteiger partial charge >= 0.3 is 0 Å². The third kappa shape index (κ3) is 1.85. The van der Waals surface area contributed by atoms with E-state index in [2.05, 4.69) is 9.55 Å². The molecule has 1 unspecified atom stereocenters. The van der Waals surface area contributed by atoms with Gasteiger partial charge in [0.1, 0.15) is 5.82 Å². The summed E-state index contributed by atoms with van der Waals surface area (Å²) in [5.41, 5.74) is 1.91. The van der Waals surface area contributed by atoms with E-state index < -0.39 is 0 Å². The zero-order valence-electron chi connectivity index (χ0n) is 9.31. The van der Waals surface area contributed by atoms with Crippen LogP contribution in [0.4, 0.5) is 0 Å². The van der Waals surface area contributed by atoms with Crippen molar-refractivity contribution < 1.29 is 5.11 Å². The van der Waals surface area contributed by atoms with Gasteiger partial charge < -0.3 is 9.67 Å². The van der Waals surface area contributed by atoms with Crippen molar-refractivity contribution in [1.29, 1.82) is 0 Å². The van der Waals surface area contributed by atoms with E-state index in [-0.39, 0.29) is 6.10 Å². The molecule has 0 fully saturated rings. The first-order valence-electron chi connectivity index (χ1n) is 5.75. The normalized spacial score (nSPS) is 19.1. The van der Waals surface area contributed by atoms with Crippen molar-refractivity contribution in [2.45, 2.75) is 25.5 Å². The number of halogens is 1. The van der Waals surface area contributed by atoms with Crippen molar-refractivity contribution in [3.8, 4) is 11.4 Å². The van der Waals surface area contributed by atoms with Crippen molar-refractivity contribution in [2.24, 2.45) is 0 Å². The van der Waals surface area contributed by atoms with E-state index >= 15 is 0 Å². The first-order chi connectivity index (χ1) is 8.25. The maximum Gasteiger partial charge on any atom is 0.140 e. The van der Waals surface area contributed by atoms with Crippen molar-refractivity contribution in [2.75, 3.05) is 0 Å². The fourth-order valence-corrected chi connectivity index (χ4v) is 2.53. The van der Waals surface area contributed by atoms with E-state index in [0.717, 1.165) is 36.5 Å². The van der Waals surface area contributed by atoms with Crippen LogP contribution in [-0.4, -0.2) is 14.7 Å². The first-order valence-corrected chi connectivity index (χ1v) is 6.13. The molecular weight excluding hydrogens is 236 g/mol. The Balaban J connectivity index is 2.10. The van der Waals surface area contributed by atoms with E-state index in [1.807, 2.05) is 24.3 Å². The van der Waals surface area contributed by atoms with Gasteiger partial charge in [0.25, 0.3) is 0 Å². The average Bonchev–Trinajstić information content (AvgIpc) is 2.74.